The number of ether oxygens (including phenoxy) is 2. The standard InChI is InChI=1S/C19H20N2O6S/c1-11-7-8-13(21(24)25)14(9-11)27-10-16(22)20-18-17(19(23)26-2)12-5-3-4-6-15(12)28-18/h7-9H,3-6,10H2,1-2H3,(H,20,22). The molecule has 1 amide bonds. The predicted octanol–water partition coefficient (Wildman–Crippen LogP) is 3.65. The van der Waals surface area contributed by atoms with Gasteiger partial charge in [-0.05, 0) is 49.8 Å². The molecular formula is C19H20N2O6S. The number of methoxy groups -OCH3 is 1. The van der Waals surface area contributed by atoms with Crippen molar-refractivity contribution in [1.82, 2.24) is 0 Å². The highest BCUT2D eigenvalue weighted by Gasteiger charge is 2.27. The van der Waals surface area contributed by atoms with E-state index in [-0.39, 0.29) is 11.4 Å². The van der Waals surface area contributed by atoms with Gasteiger partial charge in [0.05, 0.1) is 17.6 Å². The molecule has 3 rings (SSSR count). The number of carbonyl (C=O) groups is 2. The summed E-state index contributed by atoms with van der Waals surface area (Å²) in [5, 5.41) is 14.2. The number of nitrogens with one attached hydrogen (secondary N) is 1. The van der Waals surface area contributed by atoms with Crippen molar-refractivity contribution in [2.24, 2.45) is 0 Å². The van der Waals surface area contributed by atoms with Crippen molar-refractivity contribution in [2.75, 3.05) is 19.0 Å². The Balaban J connectivity index is 1.76. The summed E-state index contributed by atoms with van der Waals surface area (Å²) in [5.74, 6) is -0.955. The molecule has 1 aromatic carbocycles. The molecule has 1 N–H and O–H groups in total. The lowest BCUT2D eigenvalue weighted by Crippen LogP contribution is -2.21. The number of nitro benzene ring substituents is 1. The number of hydrogen-bond donors (Lipinski definition) is 1. The summed E-state index contributed by atoms with van der Waals surface area (Å²) >= 11 is 1.37. The highest BCUT2D eigenvalue weighted by atomic mass is 32.1. The molecular weight excluding hydrogens is 384 g/mol. The Morgan fingerprint density at radius 3 is 2.75 bits per heavy atom. The molecule has 0 atom stereocenters. The van der Waals surface area contributed by atoms with Crippen LogP contribution in [0.4, 0.5) is 10.7 Å². The third kappa shape index (κ3) is 4.14. The Labute approximate surface area is 165 Å². The Hall–Kier alpha value is -2.94. The number of aryl methyl sites for hydroxylation is 2. The monoisotopic (exact) mass is 404 g/mol. The fourth-order valence-electron chi connectivity index (χ4n) is 3.17. The van der Waals surface area contributed by atoms with E-state index in [2.05, 4.69) is 5.32 Å². The Morgan fingerprint density at radius 2 is 2.04 bits per heavy atom. The van der Waals surface area contributed by atoms with Crippen LogP contribution in [-0.4, -0.2) is 30.5 Å². The molecule has 0 bridgehead atoms. The number of amides is 1. The zero-order chi connectivity index (χ0) is 20.3. The van der Waals surface area contributed by atoms with E-state index >= 15 is 0 Å². The zero-order valence-corrected chi connectivity index (χ0v) is 16.4. The normalized spacial score (nSPS) is 12.8. The quantitative estimate of drug-likeness (QED) is 0.447. The van der Waals surface area contributed by atoms with E-state index < -0.39 is 23.4 Å². The molecule has 1 aromatic heterocycles. The second kappa shape index (κ2) is 8.39. The van der Waals surface area contributed by atoms with Crippen LogP contribution in [-0.2, 0) is 22.4 Å². The van der Waals surface area contributed by atoms with E-state index in [1.807, 2.05) is 0 Å². The van der Waals surface area contributed by atoms with Crippen molar-refractivity contribution < 1.29 is 24.0 Å². The van der Waals surface area contributed by atoms with Gasteiger partial charge in [0.1, 0.15) is 5.00 Å². The number of carbonyl (C=O) groups excluding carboxylic acids is 2. The number of thiophene rings is 1. The molecule has 9 heteroatoms. The lowest BCUT2D eigenvalue weighted by molar-refractivity contribution is -0.385. The minimum atomic E-state index is -0.560. The first-order chi connectivity index (χ1) is 13.4. The van der Waals surface area contributed by atoms with Gasteiger partial charge in [-0.3, -0.25) is 14.9 Å². The molecule has 0 saturated carbocycles. The van der Waals surface area contributed by atoms with Crippen LogP contribution in [0, 0.1) is 17.0 Å². The van der Waals surface area contributed by atoms with Crippen molar-refractivity contribution in [3.05, 3.63) is 49.9 Å². The maximum absolute atomic E-state index is 12.4. The van der Waals surface area contributed by atoms with E-state index in [0.29, 0.717) is 10.6 Å². The summed E-state index contributed by atoms with van der Waals surface area (Å²) in [7, 11) is 1.31. The topological polar surface area (TPSA) is 108 Å². The molecule has 148 valence electrons. The van der Waals surface area contributed by atoms with Gasteiger partial charge in [-0.1, -0.05) is 6.07 Å². The summed E-state index contributed by atoms with van der Waals surface area (Å²) in [6.07, 6.45) is 3.67. The van der Waals surface area contributed by atoms with Crippen LogP contribution in [0.15, 0.2) is 18.2 Å². The maximum Gasteiger partial charge on any atom is 0.341 e. The highest BCUT2D eigenvalue weighted by Crippen LogP contribution is 2.38. The SMILES string of the molecule is COC(=O)c1c(NC(=O)COc2cc(C)ccc2[N+](=O)[O-])sc2c1CCCC2. The first-order valence-electron chi connectivity index (χ1n) is 8.81. The average molecular weight is 404 g/mol. The number of fused-ring (bicyclic) bond motifs is 1. The van der Waals surface area contributed by atoms with Crippen molar-refractivity contribution in [1.29, 1.82) is 0 Å². The van der Waals surface area contributed by atoms with E-state index in [9.17, 15) is 19.7 Å². The van der Waals surface area contributed by atoms with Gasteiger partial charge < -0.3 is 14.8 Å². The van der Waals surface area contributed by atoms with E-state index in [1.54, 1.807) is 13.0 Å². The second-order valence-electron chi connectivity index (χ2n) is 6.47. The maximum atomic E-state index is 12.4. The van der Waals surface area contributed by atoms with Crippen molar-refractivity contribution in [2.45, 2.75) is 32.6 Å². The van der Waals surface area contributed by atoms with Gasteiger partial charge in [-0.25, -0.2) is 4.79 Å². The molecule has 1 aliphatic rings. The van der Waals surface area contributed by atoms with Gasteiger partial charge in [0.15, 0.2) is 12.4 Å². The van der Waals surface area contributed by atoms with E-state index in [4.69, 9.17) is 9.47 Å². The largest absolute Gasteiger partial charge is 0.477 e. The molecule has 28 heavy (non-hydrogen) atoms. The lowest BCUT2D eigenvalue weighted by Gasteiger charge is -2.12. The van der Waals surface area contributed by atoms with Gasteiger partial charge in [-0.15, -0.1) is 11.3 Å². The summed E-state index contributed by atoms with van der Waals surface area (Å²) < 4.78 is 10.3. The number of benzene rings is 1. The van der Waals surface area contributed by atoms with Crippen LogP contribution in [0.3, 0.4) is 0 Å². The number of nitrogens with zero attached hydrogens (tertiary/aromatic N) is 1. The summed E-state index contributed by atoms with van der Waals surface area (Å²) in [6.45, 7) is 1.36. The molecule has 8 nitrogen and oxygen atoms in total. The third-order valence-corrected chi connectivity index (χ3v) is 5.69. The number of nitro groups is 1. The minimum Gasteiger partial charge on any atom is -0.477 e. The molecule has 0 fully saturated rings. The fraction of sp³-hybridized carbons (Fsp3) is 0.368. The molecule has 0 unspecified atom stereocenters. The van der Waals surface area contributed by atoms with Crippen LogP contribution >= 0.6 is 11.3 Å². The Bertz CT molecular complexity index is 937. The molecule has 0 aliphatic heterocycles. The van der Waals surface area contributed by atoms with Crippen LogP contribution in [0.5, 0.6) is 5.75 Å². The van der Waals surface area contributed by atoms with Crippen LogP contribution in [0.1, 0.15) is 39.2 Å². The first kappa shape index (κ1) is 19.8. The van der Waals surface area contributed by atoms with Crippen LogP contribution in [0.25, 0.3) is 0 Å². The van der Waals surface area contributed by atoms with Crippen molar-refractivity contribution in [3.63, 3.8) is 0 Å². The van der Waals surface area contributed by atoms with Gasteiger partial charge in [-0.2, -0.15) is 0 Å². The predicted molar refractivity (Wildman–Crippen MR) is 104 cm³/mol. The summed E-state index contributed by atoms with van der Waals surface area (Å²) in [4.78, 5) is 36.2. The summed E-state index contributed by atoms with van der Waals surface area (Å²) in [6, 6.07) is 4.45. The number of esters is 1. The fourth-order valence-corrected chi connectivity index (χ4v) is 4.46. The van der Waals surface area contributed by atoms with Gasteiger partial charge in [0.25, 0.3) is 5.91 Å². The minimum absolute atomic E-state index is 0.0267. The van der Waals surface area contributed by atoms with Crippen LogP contribution in [0.2, 0.25) is 0 Å². The molecule has 0 saturated heterocycles. The third-order valence-electron chi connectivity index (χ3n) is 4.48. The number of hydrogen-bond acceptors (Lipinski definition) is 7. The van der Waals surface area contributed by atoms with E-state index in [1.165, 1.54) is 30.6 Å². The van der Waals surface area contributed by atoms with Crippen LogP contribution < -0.4 is 10.1 Å². The lowest BCUT2D eigenvalue weighted by atomic mass is 9.95. The molecule has 0 radical (unpaired) electrons. The first-order valence-corrected chi connectivity index (χ1v) is 9.63. The summed E-state index contributed by atoms with van der Waals surface area (Å²) in [5.41, 5.74) is 1.91. The van der Waals surface area contributed by atoms with Gasteiger partial charge in [0.2, 0.25) is 0 Å². The molecule has 1 aliphatic carbocycles. The highest BCUT2D eigenvalue weighted by molar-refractivity contribution is 7.17. The van der Waals surface area contributed by atoms with Crippen molar-refractivity contribution >= 4 is 33.9 Å². The van der Waals surface area contributed by atoms with Crippen molar-refractivity contribution in [3.8, 4) is 5.75 Å². The smallest absolute Gasteiger partial charge is 0.341 e. The average Bonchev–Trinajstić information content (AvgIpc) is 3.03. The number of rotatable bonds is 6. The second-order valence-corrected chi connectivity index (χ2v) is 7.58. The zero-order valence-electron chi connectivity index (χ0n) is 15.6. The van der Waals surface area contributed by atoms with Gasteiger partial charge >= 0.3 is 11.7 Å². The number of anilines is 1. The Kier molecular flexibility index (Phi) is 5.93. The Morgan fingerprint density at radius 1 is 1.29 bits per heavy atom. The molecule has 2 aromatic rings. The van der Waals surface area contributed by atoms with Gasteiger partial charge in [0, 0.05) is 10.9 Å². The molecule has 1 heterocycles. The molecule has 0 spiro atoms. The van der Waals surface area contributed by atoms with E-state index in [0.717, 1.165) is 41.7 Å².